The number of Topliss-reactive ketones (excluding diaryl/α,β-unsaturated/α-hetero) is 2. The molecule has 0 fully saturated rings. The van der Waals surface area contributed by atoms with E-state index in [2.05, 4.69) is 22.4 Å². The molecule has 0 spiro atoms. The summed E-state index contributed by atoms with van der Waals surface area (Å²) in [5.41, 5.74) is 5.20. The Morgan fingerprint density at radius 1 is 1.06 bits per heavy atom. The topological polar surface area (TPSA) is 72.5 Å². The van der Waals surface area contributed by atoms with E-state index >= 15 is 0 Å². The number of carbonyl (C=O) groups excluding carboxylic acids is 2. The van der Waals surface area contributed by atoms with E-state index in [0.717, 1.165) is 25.7 Å². The molecule has 18 heavy (non-hydrogen) atoms. The van der Waals surface area contributed by atoms with Crippen molar-refractivity contribution in [2.75, 3.05) is 13.1 Å². The van der Waals surface area contributed by atoms with Gasteiger partial charge in [0.25, 0.3) is 0 Å². The van der Waals surface area contributed by atoms with Gasteiger partial charge in [-0.1, -0.05) is 0 Å². The number of thiocarbonyl (C=S) groups is 1. The molecule has 5 heteroatoms. The predicted octanol–water partition coefficient (Wildman–Crippen LogP) is 2.55. The Balaban J connectivity index is 0. The molecular formula is C13H24N2O2S. The van der Waals surface area contributed by atoms with Gasteiger partial charge in [-0.3, -0.25) is 0 Å². The molecule has 0 amide bonds. The van der Waals surface area contributed by atoms with Gasteiger partial charge in [-0.2, -0.15) is 0 Å². The van der Waals surface area contributed by atoms with Crippen LogP contribution in [0.15, 0.2) is 4.99 Å². The highest BCUT2D eigenvalue weighted by Gasteiger charge is 1.91. The van der Waals surface area contributed by atoms with Gasteiger partial charge in [-0.15, -0.1) is 0 Å². The second kappa shape index (κ2) is 16.1. The first-order chi connectivity index (χ1) is 8.54. The number of rotatable bonds is 9. The molecule has 104 valence electrons. The van der Waals surface area contributed by atoms with Gasteiger partial charge in [0, 0.05) is 19.4 Å². The van der Waals surface area contributed by atoms with Crippen LogP contribution >= 0.6 is 12.2 Å². The molecule has 0 aliphatic rings. The summed E-state index contributed by atoms with van der Waals surface area (Å²) in [6.07, 6.45) is 5.12. The van der Waals surface area contributed by atoms with Crippen LogP contribution in [0.25, 0.3) is 0 Å². The molecule has 0 bridgehead atoms. The van der Waals surface area contributed by atoms with Gasteiger partial charge in [0.15, 0.2) is 0 Å². The smallest absolute Gasteiger partial charge is 0.129 e. The van der Waals surface area contributed by atoms with Crippen molar-refractivity contribution in [3.8, 4) is 0 Å². The van der Waals surface area contributed by atoms with Gasteiger partial charge >= 0.3 is 0 Å². The minimum Gasteiger partial charge on any atom is -0.330 e. The van der Waals surface area contributed by atoms with Gasteiger partial charge in [0.2, 0.25) is 0 Å². The van der Waals surface area contributed by atoms with E-state index in [9.17, 15) is 9.59 Å². The summed E-state index contributed by atoms with van der Waals surface area (Å²) < 4.78 is 0. The molecule has 4 nitrogen and oxygen atoms in total. The van der Waals surface area contributed by atoms with Crippen LogP contribution in [0.2, 0.25) is 0 Å². The minimum atomic E-state index is 0.242. The molecule has 0 heterocycles. The highest BCUT2D eigenvalue weighted by atomic mass is 32.1. The number of ketones is 2. The predicted molar refractivity (Wildman–Crippen MR) is 78.0 cm³/mol. The van der Waals surface area contributed by atoms with Crippen molar-refractivity contribution < 1.29 is 9.59 Å². The van der Waals surface area contributed by atoms with Gasteiger partial charge < -0.3 is 15.3 Å². The maximum Gasteiger partial charge on any atom is 0.129 e. The normalized spacial score (nSPS) is 8.83. The third kappa shape index (κ3) is 24.4. The fraction of sp³-hybridized carbons (Fsp3) is 0.769. The van der Waals surface area contributed by atoms with Crippen LogP contribution in [0.3, 0.4) is 0 Å². The third-order valence-electron chi connectivity index (χ3n) is 2.10. The maximum absolute atomic E-state index is 10.4. The monoisotopic (exact) mass is 272 g/mol. The molecule has 0 radical (unpaired) electrons. The average Bonchev–Trinajstić information content (AvgIpc) is 2.29. The summed E-state index contributed by atoms with van der Waals surface area (Å²) in [6.45, 7) is 4.61. The first-order valence-electron chi connectivity index (χ1n) is 6.27. The lowest BCUT2D eigenvalue weighted by Crippen LogP contribution is -1.99. The second-order valence-electron chi connectivity index (χ2n) is 4.08. The Morgan fingerprint density at radius 2 is 1.56 bits per heavy atom. The van der Waals surface area contributed by atoms with E-state index in [1.54, 1.807) is 13.8 Å². The summed E-state index contributed by atoms with van der Waals surface area (Å²) in [6, 6.07) is 0. The van der Waals surface area contributed by atoms with E-state index in [0.29, 0.717) is 25.9 Å². The molecule has 0 atom stereocenters. The van der Waals surface area contributed by atoms with Crippen LogP contribution < -0.4 is 5.73 Å². The van der Waals surface area contributed by atoms with Crippen LogP contribution in [0.5, 0.6) is 0 Å². The number of unbranched alkanes of at least 4 members (excludes halogenated alkanes) is 2. The van der Waals surface area contributed by atoms with E-state index < -0.39 is 0 Å². The van der Waals surface area contributed by atoms with Crippen molar-refractivity contribution in [2.24, 2.45) is 10.7 Å². The molecule has 0 aromatic rings. The summed E-state index contributed by atoms with van der Waals surface area (Å²) in [7, 11) is 0. The highest BCUT2D eigenvalue weighted by molar-refractivity contribution is 7.78. The number of aliphatic imine (C=N–C) groups is 1. The Bertz CT molecular complexity index is 270. The molecule has 2 N–H and O–H groups in total. The Labute approximate surface area is 115 Å². The summed E-state index contributed by atoms with van der Waals surface area (Å²) in [5.74, 6) is 0.504. The highest BCUT2D eigenvalue weighted by Crippen LogP contribution is 1.95. The SMILES string of the molecule is CC(=O)CCCCN.CC(=O)CCCCN=C=S. The summed E-state index contributed by atoms with van der Waals surface area (Å²) in [4.78, 5) is 24.4. The molecule has 0 aromatic heterocycles. The minimum absolute atomic E-state index is 0.242. The molecular weight excluding hydrogens is 248 g/mol. The number of nitrogens with zero attached hydrogens (tertiary/aromatic N) is 1. The van der Waals surface area contributed by atoms with Gasteiger partial charge in [0.1, 0.15) is 11.6 Å². The van der Waals surface area contributed by atoms with E-state index in [4.69, 9.17) is 5.73 Å². The molecule has 0 aliphatic carbocycles. The lowest BCUT2D eigenvalue weighted by Gasteiger charge is -1.91. The van der Waals surface area contributed by atoms with Crippen molar-refractivity contribution in [1.29, 1.82) is 0 Å². The van der Waals surface area contributed by atoms with Crippen molar-refractivity contribution >= 4 is 28.9 Å². The summed E-state index contributed by atoms with van der Waals surface area (Å²) >= 11 is 4.37. The summed E-state index contributed by atoms with van der Waals surface area (Å²) in [5, 5.41) is 2.28. The van der Waals surface area contributed by atoms with E-state index in [1.807, 2.05) is 0 Å². The fourth-order valence-corrected chi connectivity index (χ4v) is 1.22. The Morgan fingerprint density at radius 3 is 1.94 bits per heavy atom. The van der Waals surface area contributed by atoms with Crippen LogP contribution in [0.4, 0.5) is 0 Å². The molecule has 0 aliphatic heterocycles. The fourth-order valence-electron chi connectivity index (χ4n) is 1.13. The molecule has 0 unspecified atom stereocenters. The zero-order valence-electron chi connectivity index (χ0n) is 11.4. The maximum atomic E-state index is 10.4. The second-order valence-corrected chi connectivity index (χ2v) is 4.26. The van der Waals surface area contributed by atoms with Crippen molar-refractivity contribution in [2.45, 2.75) is 52.4 Å². The van der Waals surface area contributed by atoms with Gasteiger partial charge in [-0.25, -0.2) is 4.99 Å². The third-order valence-corrected chi connectivity index (χ3v) is 2.23. The van der Waals surface area contributed by atoms with Crippen LogP contribution in [0.1, 0.15) is 52.4 Å². The van der Waals surface area contributed by atoms with Crippen molar-refractivity contribution in [1.82, 2.24) is 0 Å². The molecule has 0 saturated carbocycles. The van der Waals surface area contributed by atoms with Gasteiger partial charge in [0.05, 0.1) is 5.16 Å². The largest absolute Gasteiger partial charge is 0.330 e. The van der Waals surface area contributed by atoms with Gasteiger partial charge in [-0.05, 0) is 58.3 Å². The lowest BCUT2D eigenvalue weighted by atomic mass is 10.2. The average molecular weight is 272 g/mol. The standard InChI is InChI=1S/C7H11NOS.C6H13NO/c1-7(9)4-2-3-5-8-6-10;1-6(8)4-2-3-5-7/h2-5H2,1H3;2-5,7H2,1H3. The zero-order chi connectivity index (χ0) is 14.2. The molecule has 0 aromatic carbocycles. The van der Waals surface area contributed by atoms with Crippen LogP contribution in [-0.2, 0) is 9.59 Å². The van der Waals surface area contributed by atoms with E-state index in [-0.39, 0.29) is 11.6 Å². The molecule has 0 rings (SSSR count). The molecule has 0 saturated heterocycles. The van der Waals surface area contributed by atoms with Crippen LogP contribution in [-0.4, -0.2) is 29.8 Å². The number of hydrogen-bond donors (Lipinski definition) is 1. The Hall–Kier alpha value is -0.900. The number of carbonyl (C=O) groups is 2. The first-order valence-corrected chi connectivity index (χ1v) is 6.68. The lowest BCUT2D eigenvalue weighted by molar-refractivity contribution is -0.117. The van der Waals surface area contributed by atoms with Crippen molar-refractivity contribution in [3.05, 3.63) is 0 Å². The van der Waals surface area contributed by atoms with E-state index in [1.165, 1.54) is 0 Å². The zero-order valence-corrected chi connectivity index (χ0v) is 12.2. The Kier molecular flexibility index (Phi) is 17.4. The number of hydrogen-bond acceptors (Lipinski definition) is 5. The van der Waals surface area contributed by atoms with Crippen molar-refractivity contribution in [3.63, 3.8) is 0 Å². The first kappa shape index (κ1) is 19.4. The number of nitrogens with two attached hydrogens (primary N) is 1. The quantitative estimate of drug-likeness (QED) is 0.398. The number of isothiocyanates is 1. The van der Waals surface area contributed by atoms with Crippen LogP contribution in [0, 0.1) is 0 Å².